The Morgan fingerprint density at radius 3 is 2.48 bits per heavy atom. The van der Waals surface area contributed by atoms with Gasteiger partial charge in [-0.2, -0.15) is 0 Å². The zero-order valence-corrected chi connectivity index (χ0v) is 13.5. The molecule has 1 amide bonds. The van der Waals surface area contributed by atoms with Crippen molar-refractivity contribution < 1.29 is 27.9 Å². The SMILES string of the molecule is CNS(=O)(=O)c1cc(NC(=O)[C@@H]2CC[C@H](C(=O)O)O2)ccc1C. The third-order valence-corrected chi connectivity index (χ3v) is 5.16. The zero-order chi connectivity index (χ0) is 17.2. The summed E-state index contributed by atoms with van der Waals surface area (Å²) in [4.78, 5) is 23.0. The Labute approximate surface area is 133 Å². The summed E-state index contributed by atoms with van der Waals surface area (Å²) in [5.41, 5.74) is 0.845. The number of nitrogens with one attached hydrogen (secondary N) is 2. The van der Waals surface area contributed by atoms with Crippen LogP contribution in [0.15, 0.2) is 23.1 Å². The van der Waals surface area contributed by atoms with Gasteiger partial charge in [-0.3, -0.25) is 4.79 Å². The van der Waals surface area contributed by atoms with Crippen LogP contribution in [0.2, 0.25) is 0 Å². The molecule has 1 aromatic carbocycles. The molecule has 23 heavy (non-hydrogen) atoms. The number of hydrogen-bond donors (Lipinski definition) is 3. The minimum absolute atomic E-state index is 0.0635. The van der Waals surface area contributed by atoms with E-state index in [1.54, 1.807) is 19.1 Å². The molecule has 0 aromatic heterocycles. The van der Waals surface area contributed by atoms with Crippen molar-refractivity contribution in [3.63, 3.8) is 0 Å². The van der Waals surface area contributed by atoms with E-state index in [2.05, 4.69) is 10.0 Å². The van der Waals surface area contributed by atoms with Crippen molar-refractivity contribution in [3.8, 4) is 0 Å². The van der Waals surface area contributed by atoms with Crippen molar-refractivity contribution in [1.29, 1.82) is 0 Å². The first-order chi connectivity index (χ1) is 10.7. The lowest BCUT2D eigenvalue weighted by Gasteiger charge is -2.13. The molecule has 2 atom stereocenters. The number of sulfonamides is 1. The third-order valence-electron chi connectivity index (χ3n) is 3.60. The molecule has 1 heterocycles. The van der Waals surface area contributed by atoms with E-state index in [4.69, 9.17) is 9.84 Å². The van der Waals surface area contributed by atoms with Gasteiger partial charge in [0.05, 0.1) is 4.90 Å². The maximum atomic E-state index is 12.1. The van der Waals surface area contributed by atoms with E-state index in [9.17, 15) is 18.0 Å². The van der Waals surface area contributed by atoms with Gasteiger partial charge in [-0.1, -0.05) is 6.07 Å². The summed E-state index contributed by atoms with van der Waals surface area (Å²) in [5, 5.41) is 11.4. The second-order valence-corrected chi connectivity index (χ2v) is 7.06. The molecule has 1 aliphatic rings. The number of aryl methyl sites for hydroxylation is 1. The van der Waals surface area contributed by atoms with Crippen LogP contribution in [0, 0.1) is 6.92 Å². The summed E-state index contributed by atoms with van der Waals surface area (Å²) in [5.74, 6) is -1.59. The van der Waals surface area contributed by atoms with Crippen LogP contribution in [-0.2, 0) is 24.3 Å². The average Bonchev–Trinajstić information content (AvgIpc) is 2.99. The molecule has 2 rings (SSSR count). The minimum Gasteiger partial charge on any atom is -0.479 e. The van der Waals surface area contributed by atoms with Gasteiger partial charge in [0.1, 0.15) is 6.10 Å². The lowest BCUT2D eigenvalue weighted by atomic mass is 10.2. The summed E-state index contributed by atoms with van der Waals surface area (Å²) >= 11 is 0. The Hall–Kier alpha value is -1.97. The Balaban J connectivity index is 2.14. The molecule has 8 nitrogen and oxygen atoms in total. The van der Waals surface area contributed by atoms with Crippen molar-refractivity contribution in [2.45, 2.75) is 36.9 Å². The molecule has 0 aliphatic carbocycles. The zero-order valence-electron chi connectivity index (χ0n) is 12.7. The Morgan fingerprint density at radius 2 is 1.91 bits per heavy atom. The van der Waals surface area contributed by atoms with Crippen LogP contribution in [0.3, 0.4) is 0 Å². The maximum absolute atomic E-state index is 12.1. The summed E-state index contributed by atoms with van der Waals surface area (Å²) < 4.78 is 31.2. The molecule has 0 saturated carbocycles. The van der Waals surface area contributed by atoms with Gasteiger partial charge in [0, 0.05) is 5.69 Å². The predicted octanol–water partition coefficient (Wildman–Crippen LogP) is 0.474. The monoisotopic (exact) mass is 342 g/mol. The third kappa shape index (κ3) is 3.87. The quantitative estimate of drug-likeness (QED) is 0.715. The van der Waals surface area contributed by atoms with Gasteiger partial charge in [0.25, 0.3) is 5.91 Å². The summed E-state index contributed by atoms with van der Waals surface area (Å²) in [6.07, 6.45) is -1.28. The van der Waals surface area contributed by atoms with Gasteiger partial charge >= 0.3 is 5.97 Å². The van der Waals surface area contributed by atoms with Gasteiger partial charge < -0.3 is 15.2 Å². The number of amides is 1. The van der Waals surface area contributed by atoms with Crippen LogP contribution in [0.1, 0.15) is 18.4 Å². The van der Waals surface area contributed by atoms with E-state index in [0.29, 0.717) is 17.7 Å². The van der Waals surface area contributed by atoms with E-state index in [1.807, 2.05) is 0 Å². The molecule has 1 saturated heterocycles. The van der Waals surface area contributed by atoms with Crippen LogP contribution in [0.5, 0.6) is 0 Å². The van der Waals surface area contributed by atoms with Crippen molar-refractivity contribution in [1.82, 2.24) is 4.72 Å². The number of carbonyl (C=O) groups is 2. The normalized spacial score (nSPS) is 21.1. The summed E-state index contributed by atoms with van der Waals surface area (Å²) in [6.45, 7) is 1.65. The molecular formula is C14H18N2O6S. The predicted molar refractivity (Wildman–Crippen MR) is 81.6 cm³/mol. The van der Waals surface area contributed by atoms with Crippen molar-refractivity contribution in [2.75, 3.05) is 12.4 Å². The molecule has 3 N–H and O–H groups in total. The minimum atomic E-state index is -3.64. The molecule has 1 aromatic rings. The van der Waals surface area contributed by atoms with Gasteiger partial charge in [-0.05, 0) is 44.5 Å². The molecule has 0 unspecified atom stereocenters. The molecule has 1 fully saturated rings. The van der Waals surface area contributed by atoms with Crippen LogP contribution in [-0.4, -0.2) is 44.7 Å². The second-order valence-electron chi connectivity index (χ2n) is 5.21. The maximum Gasteiger partial charge on any atom is 0.332 e. The molecule has 9 heteroatoms. The van der Waals surface area contributed by atoms with E-state index >= 15 is 0 Å². The first kappa shape index (κ1) is 17.4. The Morgan fingerprint density at radius 1 is 1.26 bits per heavy atom. The average molecular weight is 342 g/mol. The van der Waals surface area contributed by atoms with Crippen LogP contribution >= 0.6 is 0 Å². The highest BCUT2D eigenvalue weighted by atomic mass is 32.2. The summed E-state index contributed by atoms with van der Waals surface area (Å²) in [6, 6.07) is 4.50. The van der Waals surface area contributed by atoms with E-state index in [-0.39, 0.29) is 11.3 Å². The lowest BCUT2D eigenvalue weighted by molar-refractivity contribution is -0.150. The van der Waals surface area contributed by atoms with E-state index < -0.39 is 34.1 Å². The molecule has 0 radical (unpaired) electrons. The smallest absolute Gasteiger partial charge is 0.332 e. The molecule has 1 aliphatic heterocycles. The number of hydrogen-bond acceptors (Lipinski definition) is 5. The fourth-order valence-electron chi connectivity index (χ4n) is 2.31. The van der Waals surface area contributed by atoms with Gasteiger partial charge in [-0.25, -0.2) is 17.9 Å². The fraction of sp³-hybridized carbons (Fsp3) is 0.429. The molecule has 0 spiro atoms. The second kappa shape index (κ2) is 6.65. The number of ether oxygens (including phenoxy) is 1. The van der Waals surface area contributed by atoms with Gasteiger partial charge in [0.15, 0.2) is 6.10 Å². The molecule has 126 valence electrons. The molecular weight excluding hydrogens is 324 g/mol. The number of aliphatic carboxylic acids is 1. The Bertz CT molecular complexity index is 731. The first-order valence-electron chi connectivity index (χ1n) is 6.98. The number of anilines is 1. The van der Waals surface area contributed by atoms with E-state index in [1.165, 1.54) is 13.1 Å². The topological polar surface area (TPSA) is 122 Å². The van der Waals surface area contributed by atoms with Crippen molar-refractivity contribution >= 4 is 27.6 Å². The number of benzene rings is 1. The number of carbonyl (C=O) groups excluding carboxylic acids is 1. The van der Waals surface area contributed by atoms with Crippen LogP contribution < -0.4 is 10.0 Å². The molecule has 0 bridgehead atoms. The first-order valence-corrected chi connectivity index (χ1v) is 8.46. The number of rotatable bonds is 5. The largest absolute Gasteiger partial charge is 0.479 e. The van der Waals surface area contributed by atoms with Crippen LogP contribution in [0.25, 0.3) is 0 Å². The standard InChI is InChI=1S/C14H18N2O6S/c1-8-3-4-9(7-12(8)23(20,21)15-2)16-13(17)10-5-6-11(22-10)14(18)19/h3-4,7,10-11,15H,5-6H2,1-2H3,(H,16,17)(H,18,19)/t10-,11+/m0/s1. The highest BCUT2D eigenvalue weighted by molar-refractivity contribution is 7.89. The fourth-order valence-corrected chi connectivity index (χ4v) is 3.31. The number of carboxylic acid groups (broad SMARTS) is 1. The number of carboxylic acids is 1. The van der Waals surface area contributed by atoms with Gasteiger partial charge in [0.2, 0.25) is 10.0 Å². The van der Waals surface area contributed by atoms with Crippen molar-refractivity contribution in [2.24, 2.45) is 0 Å². The van der Waals surface area contributed by atoms with Crippen molar-refractivity contribution in [3.05, 3.63) is 23.8 Å². The lowest BCUT2D eigenvalue weighted by Crippen LogP contribution is -2.30. The van der Waals surface area contributed by atoms with Crippen LogP contribution in [0.4, 0.5) is 5.69 Å². The van der Waals surface area contributed by atoms with Gasteiger partial charge in [-0.15, -0.1) is 0 Å². The van der Waals surface area contributed by atoms with E-state index in [0.717, 1.165) is 0 Å². The Kier molecular flexibility index (Phi) is 5.03. The highest BCUT2D eigenvalue weighted by Crippen LogP contribution is 2.23. The highest BCUT2D eigenvalue weighted by Gasteiger charge is 2.34. The summed E-state index contributed by atoms with van der Waals surface area (Å²) in [7, 11) is -2.33.